The fraction of sp³-hybridized carbons (Fsp3) is 0.394. The molecule has 0 radical (unpaired) electrons. The number of nitrogens with one attached hydrogen (secondary N) is 2. The molecule has 6 N–H and O–H groups in total. The average molecular weight is 1400 g/mol. The van der Waals surface area contributed by atoms with Crippen molar-refractivity contribution in [2.75, 3.05) is 50.0 Å². The molecule has 3 aliphatic heterocycles. The summed E-state index contributed by atoms with van der Waals surface area (Å²) in [6, 6.07) is 20.6. The summed E-state index contributed by atoms with van der Waals surface area (Å²) in [5.74, 6) is -4.37. The molecular weight excluding hydrogens is 1330 g/mol. The average Bonchev–Trinajstić information content (AvgIpc) is 1.59. The number of pyridine rings is 1. The number of hydrogen-bond acceptors (Lipinski definition) is 16. The number of rotatable bonds is 27. The number of likely N-dealkylation sites (tertiary alicyclic amines) is 1. The Morgan fingerprint density at radius 1 is 0.771 bits per heavy atom. The van der Waals surface area contributed by atoms with E-state index in [-0.39, 0.29) is 64.4 Å². The van der Waals surface area contributed by atoms with Crippen LogP contribution in [0.25, 0.3) is 10.9 Å². The number of fused-ring (bicyclic) bond motifs is 3. The first-order valence-corrected chi connectivity index (χ1v) is 36.8. The molecule has 96 heavy (non-hydrogen) atoms. The molecule has 1 fully saturated rings. The SMILES string of the molecule is CC1(C)C(=CC=C2CCCC(C=CC3=[N+](CCCCCC(=O)NCCCOc4cccc5c(C(=O)NCC(=O)N6CC(F)(F)CC6C#N)ccnc45)c4ccc(S(=O)(=O)O)cc4C3(C)C)=C2Oc2ccc(S(=O)(=O)O)cc2)N(CCCCS(=O)(=O)O)c2ccc(S(=O)(=O)O)cc21. The number of carbonyl (C=O) groups is 3. The van der Waals surface area contributed by atoms with Crippen molar-refractivity contribution in [1.82, 2.24) is 20.5 Å². The highest BCUT2D eigenvalue weighted by Gasteiger charge is 2.48. The molecule has 512 valence electrons. The van der Waals surface area contributed by atoms with Crippen molar-refractivity contribution in [2.45, 2.75) is 136 Å². The van der Waals surface area contributed by atoms with Crippen molar-refractivity contribution in [3.8, 4) is 17.6 Å². The molecule has 1 aliphatic carbocycles. The highest BCUT2D eigenvalue weighted by atomic mass is 32.2. The van der Waals surface area contributed by atoms with E-state index in [0.29, 0.717) is 120 Å². The summed E-state index contributed by atoms with van der Waals surface area (Å²) >= 11 is 0. The molecule has 5 aromatic rings. The van der Waals surface area contributed by atoms with E-state index in [1.54, 1.807) is 36.4 Å². The van der Waals surface area contributed by atoms with E-state index in [2.05, 4.69) is 20.2 Å². The zero-order chi connectivity index (χ0) is 69.8. The topological polar surface area (TPSA) is 357 Å². The van der Waals surface area contributed by atoms with Gasteiger partial charge in [0.1, 0.15) is 35.4 Å². The zero-order valence-corrected chi connectivity index (χ0v) is 56.3. The van der Waals surface area contributed by atoms with Gasteiger partial charge in [0.05, 0.1) is 57.2 Å². The predicted octanol–water partition coefficient (Wildman–Crippen LogP) is 9.34. The first kappa shape index (κ1) is 72.0. The minimum Gasteiger partial charge on any atom is -0.491 e. The van der Waals surface area contributed by atoms with Crippen LogP contribution in [-0.4, -0.2) is 147 Å². The van der Waals surface area contributed by atoms with Gasteiger partial charge >= 0.3 is 0 Å². The van der Waals surface area contributed by atoms with Gasteiger partial charge in [-0.2, -0.15) is 43.5 Å². The van der Waals surface area contributed by atoms with Crippen molar-refractivity contribution >= 4 is 86.2 Å². The number of halogens is 2. The van der Waals surface area contributed by atoms with E-state index in [0.717, 1.165) is 10.6 Å². The van der Waals surface area contributed by atoms with Gasteiger partial charge in [-0.15, -0.1) is 0 Å². The minimum atomic E-state index is -4.61. The van der Waals surface area contributed by atoms with E-state index in [4.69, 9.17) is 9.47 Å². The normalized spacial score (nSPS) is 18.5. The maximum Gasteiger partial charge on any atom is 0.294 e. The molecule has 4 heterocycles. The summed E-state index contributed by atoms with van der Waals surface area (Å²) in [5.41, 5.74) is 4.09. The molecule has 1 saturated heterocycles. The monoisotopic (exact) mass is 1400 g/mol. The Kier molecular flexibility index (Phi) is 21.6. The van der Waals surface area contributed by atoms with Crippen LogP contribution in [0.5, 0.6) is 11.5 Å². The van der Waals surface area contributed by atoms with Crippen LogP contribution in [0.1, 0.15) is 120 Å². The first-order valence-electron chi connectivity index (χ1n) is 30.9. The molecule has 24 nitrogen and oxygen atoms in total. The molecule has 9 rings (SSSR count). The maximum atomic E-state index is 13.9. The second kappa shape index (κ2) is 28.8. The molecule has 30 heteroatoms. The Labute approximate surface area is 556 Å². The van der Waals surface area contributed by atoms with Crippen LogP contribution < -0.4 is 25.0 Å². The number of carbonyl (C=O) groups excluding carboxylic acids is 3. The van der Waals surface area contributed by atoms with Crippen molar-refractivity contribution in [3.05, 3.63) is 155 Å². The summed E-state index contributed by atoms with van der Waals surface area (Å²) in [6.45, 7) is 7.22. The number of para-hydroxylation sites is 1. The number of nitrogens with zero attached hydrogens (tertiary/aromatic N) is 5. The number of amides is 3. The van der Waals surface area contributed by atoms with Crippen LogP contribution in [0.15, 0.2) is 153 Å². The van der Waals surface area contributed by atoms with Gasteiger partial charge in [-0.3, -0.25) is 37.6 Å². The largest absolute Gasteiger partial charge is 0.491 e. The van der Waals surface area contributed by atoms with Crippen LogP contribution >= 0.6 is 0 Å². The minimum absolute atomic E-state index is 0.112. The van der Waals surface area contributed by atoms with Gasteiger partial charge in [0.2, 0.25) is 17.5 Å². The number of alkyl halides is 2. The number of nitriles is 1. The summed E-state index contributed by atoms with van der Waals surface area (Å²) in [4.78, 5) is 45.2. The smallest absolute Gasteiger partial charge is 0.294 e. The molecular formula is C66H74F2N7O17S4+. The van der Waals surface area contributed by atoms with Crippen LogP contribution in [0, 0.1) is 11.3 Å². The third-order valence-electron chi connectivity index (χ3n) is 17.4. The highest BCUT2D eigenvalue weighted by Crippen LogP contribution is 2.49. The van der Waals surface area contributed by atoms with E-state index < -0.39 is 100 Å². The number of anilines is 1. The standard InChI is InChI=1S/C66H73F2N7O17S4/c1-64(2)52-37-48(95(85,86)87)24-26-54(52)73(33-7-5-6-17-59(76)70-31-12-35-91-56-16-11-15-50-51(30-32-71-61(50)56)63(78)72-41-60(77)75-42-66(67,68)39-45(75)40-69)57(64)28-18-43-13-10-14-44(62(43)92-46-20-22-47(23-21-46)94(82,83)84)19-29-58-65(3,4)53-38-49(96(88,89)90)25-27-55(53)74(58)34-8-9-36-93(79,80)81/h11,15-16,18-30,32,37-38,45H,5-10,12-14,17,31,33-36,39,41-42H2,1-4H3,(H5-,70,72,76,78,79,80,81,82,83,84,85,86,87,88,89,90)/p+1. The van der Waals surface area contributed by atoms with Gasteiger partial charge in [-0.1, -0.05) is 32.1 Å². The molecule has 1 aromatic heterocycles. The molecule has 1 atom stereocenters. The van der Waals surface area contributed by atoms with Gasteiger partial charge in [0, 0.05) is 78.4 Å². The van der Waals surface area contributed by atoms with Gasteiger partial charge in [0.15, 0.2) is 5.71 Å². The molecule has 0 saturated carbocycles. The first-order chi connectivity index (χ1) is 45.1. The Balaban J connectivity index is 0.901. The van der Waals surface area contributed by atoms with Gasteiger partial charge < -0.3 is 29.9 Å². The number of allylic oxidation sites excluding steroid dienone is 7. The molecule has 1 unspecified atom stereocenters. The number of benzene rings is 4. The highest BCUT2D eigenvalue weighted by molar-refractivity contribution is 7.86. The Morgan fingerprint density at radius 3 is 2.15 bits per heavy atom. The van der Waals surface area contributed by atoms with Crippen molar-refractivity contribution in [3.63, 3.8) is 0 Å². The third-order valence-corrected chi connectivity index (χ3v) is 20.7. The van der Waals surface area contributed by atoms with Crippen molar-refractivity contribution in [1.29, 1.82) is 5.26 Å². The predicted molar refractivity (Wildman–Crippen MR) is 351 cm³/mol. The summed E-state index contributed by atoms with van der Waals surface area (Å²) < 4.78 is 179. The summed E-state index contributed by atoms with van der Waals surface area (Å²) in [5, 5.41) is 15.1. The van der Waals surface area contributed by atoms with E-state index in [9.17, 15) is 80.3 Å². The van der Waals surface area contributed by atoms with Gasteiger partial charge in [0.25, 0.3) is 52.3 Å². The Hall–Kier alpha value is -8.28. The van der Waals surface area contributed by atoms with Crippen LogP contribution in [0.3, 0.4) is 0 Å². The lowest BCUT2D eigenvalue weighted by atomic mass is 9.81. The maximum absolute atomic E-state index is 13.9. The van der Waals surface area contributed by atoms with Crippen molar-refractivity contribution < 1.29 is 89.1 Å². The molecule has 0 spiro atoms. The molecule has 4 aromatic carbocycles. The molecule has 3 amide bonds. The Bertz CT molecular complexity index is 4580. The zero-order valence-electron chi connectivity index (χ0n) is 53.0. The lowest BCUT2D eigenvalue weighted by molar-refractivity contribution is -0.438. The fourth-order valence-corrected chi connectivity index (χ4v) is 14.6. The second-order valence-electron chi connectivity index (χ2n) is 24.9. The van der Waals surface area contributed by atoms with Crippen LogP contribution in [0.2, 0.25) is 0 Å². The summed E-state index contributed by atoms with van der Waals surface area (Å²) in [7, 11) is -18.0. The third kappa shape index (κ3) is 16.9. The number of ether oxygens (including phenoxy) is 2. The van der Waals surface area contributed by atoms with E-state index in [1.165, 1.54) is 60.8 Å². The van der Waals surface area contributed by atoms with Gasteiger partial charge in [-0.25, -0.2) is 8.78 Å². The van der Waals surface area contributed by atoms with E-state index >= 15 is 0 Å². The molecule has 4 aliphatic rings. The second-order valence-corrected chi connectivity index (χ2v) is 30.7. The summed E-state index contributed by atoms with van der Waals surface area (Å²) in [6.07, 6.45) is 12.5. The fourth-order valence-electron chi connectivity index (χ4n) is 12.5. The Morgan fingerprint density at radius 2 is 1.46 bits per heavy atom. The lowest BCUT2D eigenvalue weighted by Gasteiger charge is -2.27. The molecule has 0 bridgehead atoms. The van der Waals surface area contributed by atoms with Crippen molar-refractivity contribution in [2.24, 2.45) is 0 Å². The van der Waals surface area contributed by atoms with Crippen LogP contribution in [-0.2, 0) is 60.9 Å². The lowest BCUT2D eigenvalue weighted by Crippen LogP contribution is -2.43. The quantitative estimate of drug-likeness (QED) is 0.0162. The van der Waals surface area contributed by atoms with Gasteiger partial charge in [-0.05, 0) is 161 Å². The number of aromatic nitrogens is 1. The van der Waals surface area contributed by atoms with Crippen LogP contribution in [0.4, 0.5) is 20.2 Å². The van der Waals surface area contributed by atoms with E-state index in [1.807, 2.05) is 56.9 Å². The number of unbranched alkanes of at least 4 members (excludes halogenated alkanes) is 3. The number of hydrogen-bond donors (Lipinski definition) is 6.